The molecule has 0 aromatic heterocycles. The van der Waals surface area contributed by atoms with Gasteiger partial charge in [-0.05, 0) is 68.2 Å². The molecule has 0 saturated carbocycles. The molecule has 2 aromatic rings. The number of hydrogen-bond donors (Lipinski definition) is 1. The minimum absolute atomic E-state index is 1.10. The summed E-state index contributed by atoms with van der Waals surface area (Å²) in [4.78, 5) is 2.68. The number of benzene rings is 2. The Morgan fingerprint density at radius 3 is 2.53 bits per heavy atom. The van der Waals surface area contributed by atoms with E-state index >= 15 is 0 Å². The van der Waals surface area contributed by atoms with Gasteiger partial charge in [-0.15, -0.1) is 0 Å². The summed E-state index contributed by atoms with van der Waals surface area (Å²) >= 11 is 1.86. The molecule has 19 heavy (non-hydrogen) atoms. The molecule has 0 saturated heterocycles. The van der Waals surface area contributed by atoms with Crippen LogP contribution in [0.15, 0.2) is 52.3 Å². The lowest BCUT2D eigenvalue weighted by Gasteiger charge is -2.08. The Balaban J connectivity index is 1.84. The number of hydrogen-bond acceptors (Lipinski definition) is 2. The molecule has 0 unspecified atom stereocenters. The summed E-state index contributed by atoms with van der Waals surface area (Å²) in [5.41, 5.74) is 4.35. The van der Waals surface area contributed by atoms with E-state index in [2.05, 4.69) is 54.7 Å². The maximum atomic E-state index is 3.46. The first-order valence-electron chi connectivity index (χ1n) is 6.88. The molecule has 0 spiro atoms. The predicted octanol–water partition coefficient (Wildman–Crippen LogP) is 3.83. The summed E-state index contributed by atoms with van der Waals surface area (Å²) in [5, 5.41) is 3.46. The van der Waals surface area contributed by atoms with E-state index in [1.807, 2.05) is 11.8 Å². The summed E-state index contributed by atoms with van der Waals surface area (Å²) in [5.74, 6) is 0. The molecule has 1 N–H and O–H groups in total. The van der Waals surface area contributed by atoms with Crippen molar-refractivity contribution in [2.45, 2.75) is 29.6 Å². The average molecular weight is 269 g/mol. The van der Waals surface area contributed by atoms with Crippen LogP contribution in [0, 0.1) is 6.92 Å². The van der Waals surface area contributed by atoms with Crippen LogP contribution in [0.3, 0.4) is 0 Å². The highest BCUT2D eigenvalue weighted by molar-refractivity contribution is 7.99. The second kappa shape index (κ2) is 5.81. The van der Waals surface area contributed by atoms with Gasteiger partial charge in [-0.3, -0.25) is 0 Å². The predicted molar refractivity (Wildman–Crippen MR) is 82.0 cm³/mol. The van der Waals surface area contributed by atoms with E-state index in [9.17, 15) is 0 Å². The highest BCUT2D eigenvalue weighted by Crippen LogP contribution is 2.30. The highest BCUT2D eigenvalue weighted by atomic mass is 32.2. The zero-order valence-corrected chi connectivity index (χ0v) is 12.1. The molecule has 1 nitrogen and oxygen atoms in total. The van der Waals surface area contributed by atoms with Gasteiger partial charge in [-0.25, -0.2) is 0 Å². The molecule has 0 radical (unpaired) electrons. The third-order valence-corrected chi connectivity index (χ3v) is 4.52. The van der Waals surface area contributed by atoms with Crippen molar-refractivity contribution in [2.75, 3.05) is 13.1 Å². The van der Waals surface area contributed by atoms with Crippen molar-refractivity contribution < 1.29 is 0 Å². The Morgan fingerprint density at radius 1 is 0.895 bits per heavy atom. The molecule has 1 aliphatic heterocycles. The van der Waals surface area contributed by atoms with Crippen molar-refractivity contribution in [1.82, 2.24) is 5.32 Å². The normalized spacial score (nSPS) is 14.8. The monoisotopic (exact) mass is 269 g/mol. The van der Waals surface area contributed by atoms with Gasteiger partial charge in [-0.2, -0.15) is 0 Å². The zero-order chi connectivity index (χ0) is 13.1. The first-order valence-corrected chi connectivity index (χ1v) is 7.70. The highest BCUT2D eigenvalue weighted by Gasteiger charge is 2.08. The van der Waals surface area contributed by atoms with Crippen LogP contribution in [0.5, 0.6) is 0 Å². The molecule has 1 heterocycles. The fourth-order valence-corrected chi connectivity index (χ4v) is 3.53. The Hall–Kier alpha value is -1.25. The third-order valence-electron chi connectivity index (χ3n) is 3.55. The molecule has 0 aliphatic carbocycles. The van der Waals surface area contributed by atoms with Gasteiger partial charge in [-0.1, -0.05) is 35.5 Å². The molecule has 2 heteroatoms. The second-order valence-corrected chi connectivity index (χ2v) is 6.25. The molecule has 1 aliphatic rings. The van der Waals surface area contributed by atoms with Crippen LogP contribution in [0.25, 0.3) is 0 Å². The van der Waals surface area contributed by atoms with E-state index in [-0.39, 0.29) is 0 Å². The molecular formula is C17H19NS. The summed E-state index contributed by atoms with van der Waals surface area (Å²) in [6.07, 6.45) is 2.31. The van der Waals surface area contributed by atoms with Crippen molar-refractivity contribution in [2.24, 2.45) is 0 Å². The maximum Gasteiger partial charge on any atom is 0.0125 e. The smallest absolute Gasteiger partial charge is 0.0125 e. The van der Waals surface area contributed by atoms with Crippen molar-refractivity contribution in [1.29, 1.82) is 0 Å². The lowest BCUT2D eigenvalue weighted by atomic mass is 10.0. The van der Waals surface area contributed by atoms with Crippen LogP contribution in [0.2, 0.25) is 0 Å². The molecule has 0 amide bonds. The molecule has 0 fully saturated rings. The van der Waals surface area contributed by atoms with Crippen molar-refractivity contribution >= 4 is 11.8 Å². The van der Waals surface area contributed by atoms with E-state index in [4.69, 9.17) is 0 Å². The van der Waals surface area contributed by atoms with Crippen LogP contribution in [-0.2, 0) is 12.8 Å². The van der Waals surface area contributed by atoms with Crippen LogP contribution >= 0.6 is 11.8 Å². The SMILES string of the molecule is Cc1cccc(Sc2ccc3c(c2)CCNCC3)c1. The van der Waals surface area contributed by atoms with Gasteiger partial charge in [0.15, 0.2) is 0 Å². The number of aryl methyl sites for hydroxylation is 1. The fourth-order valence-electron chi connectivity index (χ4n) is 2.53. The lowest BCUT2D eigenvalue weighted by Crippen LogP contribution is -2.16. The third kappa shape index (κ3) is 3.20. The van der Waals surface area contributed by atoms with Crippen molar-refractivity contribution in [3.05, 3.63) is 59.2 Å². The van der Waals surface area contributed by atoms with Gasteiger partial charge in [0, 0.05) is 9.79 Å². The van der Waals surface area contributed by atoms with E-state index in [0.717, 1.165) is 25.9 Å². The van der Waals surface area contributed by atoms with Crippen LogP contribution in [0.1, 0.15) is 16.7 Å². The van der Waals surface area contributed by atoms with E-state index in [1.54, 1.807) is 0 Å². The lowest BCUT2D eigenvalue weighted by molar-refractivity contribution is 0.711. The van der Waals surface area contributed by atoms with Gasteiger partial charge in [0.2, 0.25) is 0 Å². The van der Waals surface area contributed by atoms with Gasteiger partial charge >= 0.3 is 0 Å². The Kier molecular flexibility index (Phi) is 3.90. The van der Waals surface area contributed by atoms with Gasteiger partial charge in [0.1, 0.15) is 0 Å². The molecule has 3 rings (SSSR count). The number of rotatable bonds is 2. The fraction of sp³-hybridized carbons (Fsp3) is 0.294. The summed E-state index contributed by atoms with van der Waals surface area (Å²) < 4.78 is 0. The Bertz CT molecular complexity index is 577. The van der Waals surface area contributed by atoms with Crippen molar-refractivity contribution in [3.8, 4) is 0 Å². The summed E-state index contributed by atoms with van der Waals surface area (Å²) in [7, 11) is 0. The first kappa shape index (κ1) is 12.8. The van der Waals surface area contributed by atoms with E-state index < -0.39 is 0 Å². The topological polar surface area (TPSA) is 12.0 Å². The Morgan fingerprint density at radius 2 is 1.68 bits per heavy atom. The molecule has 0 bridgehead atoms. The van der Waals surface area contributed by atoms with Crippen LogP contribution < -0.4 is 5.32 Å². The minimum Gasteiger partial charge on any atom is -0.316 e. The Labute approximate surface area is 119 Å². The largest absolute Gasteiger partial charge is 0.316 e. The summed E-state index contributed by atoms with van der Waals surface area (Å²) in [6.45, 7) is 4.36. The number of nitrogens with one attached hydrogen (secondary N) is 1. The minimum atomic E-state index is 1.10. The van der Waals surface area contributed by atoms with Gasteiger partial charge in [0.05, 0.1) is 0 Å². The maximum absolute atomic E-state index is 3.46. The van der Waals surface area contributed by atoms with Crippen molar-refractivity contribution in [3.63, 3.8) is 0 Å². The number of fused-ring (bicyclic) bond motifs is 1. The van der Waals surface area contributed by atoms with E-state index in [0.29, 0.717) is 0 Å². The standard InChI is InChI=1S/C17H19NS/c1-13-3-2-4-16(11-13)19-17-6-5-14-7-9-18-10-8-15(14)12-17/h2-6,11-12,18H,7-10H2,1H3. The van der Waals surface area contributed by atoms with Gasteiger partial charge < -0.3 is 5.32 Å². The summed E-state index contributed by atoms with van der Waals surface area (Å²) in [6, 6.07) is 15.6. The first-order chi connectivity index (χ1) is 9.31. The molecule has 0 atom stereocenters. The van der Waals surface area contributed by atoms with Crippen LogP contribution in [0.4, 0.5) is 0 Å². The quantitative estimate of drug-likeness (QED) is 0.889. The van der Waals surface area contributed by atoms with E-state index in [1.165, 1.54) is 26.5 Å². The molecular weight excluding hydrogens is 250 g/mol. The second-order valence-electron chi connectivity index (χ2n) is 5.10. The average Bonchev–Trinajstić information content (AvgIpc) is 2.63. The zero-order valence-electron chi connectivity index (χ0n) is 11.3. The van der Waals surface area contributed by atoms with Crippen LogP contribution in [-0.4, -0.2) is 13.1 Å². The molecule has 2 aromatic carbocycles. The van der Waals surface area contributed by atoms with Gasteiger partial charge in [0.25, 0.3) is 0 Å². The molecule has 98 valence electrons.